The van der Waals surface area contributed by atoms with Gasteiger partial charge in [-0.3, -0.25) is 0 Å². The van der Waals surface area contributed by atoms with Gasteiger partial charge in [-0.15, -0.1) is 0 Å². The van der Waals surface area contributed by atoms with E-state index in [1.54, 1.807) is 0 Å². The van der Waals surface area contributed by atoms with Crippen LogP contribution in [0.25, 0.3) is 12.2 Å². The van der Waals surface area contributed by atoms with Crippen molar-refractivity contribution >= 4 is 23.8 Å². The number of benzene rings is 2. The second kappa shape index (κ2) is 8.32. The third kappa shape index (κ3) is 5.51. The van der Waals surface area contributed by atoms with E-state index in [0.717, 1.165) is 5.56 Å². The molecule has 1 heteroatoms. The molecule has 2 aromatic carbocycles. The van der Waals surface area contributed by atoms with Crippen molar-refractivity contribution in [3.63, 3.8) is 0 Å². The average molecular weight is 257 g/mol. The molecule has 0 heterocycles. The number of hydrogen-bond acceptors (Lipinski definition) is 0. The Balaban J connectivity index is 0.000000184. The van der Waals surface area contributed by atoms with Crippen molar-refractivity contribution < 1.29 is 0 Å². The van der Waals surface area contributed by atoms with E-state index in [4.69, 9.17) is 11.6 Å². The van der Waals surface area contributed by atoms with Gasteiger partial charge in [0.05, 0.1) is 0 Å². The maximum atomic E-state index is 5.40. The predicted molar refractivity (Wildman–Crippen MR) is 82.6 cm³/mol. The minimum atomic E-state index is 1.14. The molecule has 0 aliphatic rings. The van der Waals surface area contributed by atoms with Gasteiger partial charge in [0, 0.05) is 5.54 Å². The molecule has 0 radical (unpaired) electrons. The number of halogens is 1. The highest BCUT2D eigenvalue weighted by Crippen LogP contribution is 2.04. The highest BCUT2D eigenvalue weighted by molar-refractivity contribution is 6.27. The summed E-state index contributed by atoms with van der Waals surface area (Å²) in [6, 6.07) is 18.2. The lowest BCUT2D eigenvalue weighted by Crippen LogP contribution is -1.71. The van der Waals surface area contributed by atoms with E-state index < -0.39 is 0 Å². The van der Waals surface area contributed by atoms with Gasteiger partial charge in [0.2, 0.25) is 0 Å². The van der Waals surface area contributed by atoms with Crippen molar-refractivity contribution in [2.45, 2.75) is 6.92 Å². The third-order valence-electron chi connectivity index (χ3n) is 2.37. The molecule has 0 aliphatic carbocycles. The first-order chi connectivity index (χ1) is 8.76. The van der Waals surface area contributed by atoms with Crippen LogP contribution < -0.4 is 0 Å². The van der Waals surface area contributed by atoms with Crippen molar-refractivity contribution in [3.05, 3.63) is 83.4 Å². The molecule has 0 atom stereocenters. The zero-order valence-corrected chi connectivity index (χ0v) is 11.3. The molecule has 0 saturated carbocycles. The van der Waals surface area contributed by atoms with Gasteiger partial charge in [-0.2, -0.15) is 0 Å². The first-order valence-corrected chi connectivity index (χ1v) is 6.21. The summed E-state index contributed by atoms with van der Waals surface area (Å²) in [7, 11) is 0. The molecule has 0 bridgehead atoms. The lowest BCUT2D eigenvalue weighted by atomic mass is 10.2. The Hall–Kier alpha value is -1.79. The van der Waals surface area contributed by atoms with E-state index in [1.807, 2.05) is 54.6 Å². The normalized spacial score (nSPS) is 9.67. The molecular formula is C17H17Cl. The van der Waals surface area contributed by atoms with Crippen LogP contribution in [-0.2, 0) is 0 Å². The largest absolute Gasteiger partial charge is 0.0985 e. The average Bonchev–Trinajstić information content (AvgIpc) is 2.43. The molecule has 2 aromatic rings. The van der Waals surface area contributed by atoms with Gasteiger partial charge in [0.25, 0.3) is 0 Å². The van der Waals surface area contributed by atoms with Gasteiger partial charge in [0.15, 0.2) is 0 Å². The summed E-state index contributed by atoms with van der Waals surface area (Å²) in [4.78, 5) is 0. The smallest absolute Gasteiger partial charge is 0.00484 e. The lowest BCUT2D eigenvalue weighted by molar-refractivity contribution is 1.46. The Morgan fingerprint density at radius 1 is 0.889 bits per heavy atom. The zero-order valence-electron chi connectivity index (χ0n) is 10.5. The van der Waals surface area contributed by atoms with E-state index in [9.17, 15) is 0 Å². The molecule has 0 unspecified atom stereocenters. The summed E-state index contributed by atoms with van der Waals surface area (Å²) in [5, 5.41) is 0. The van der Waals surface area contributed by atoms with E-state index >= 15 is 0 Å². The van der Waals surface area contributed by atoms with Crippen molar-refractivity contribution in [2.75, 3.05) is 0 Å². The van der Waals surface area contributed by atoms with E-state index in [0.29, 0.717) is 0 Å². The molecule has 2 rings (SSSR count). The van der Waals surface area contributed by atoms with Crippen LogP contribution in [0.3, 0.4) is 0 Å². The van der Waals surface area contributed by atoms with Gasteiger partial charge in [-0.1, -0.05) is 84.4 Å². The summed E-state index contributed by atoms with van der Waals surface area (Å²) >= 11 is 5.40. The molecule has 0 aliphatic heterocycles. The Labute approximate surface area is 114 Å². The molecular weight excluding hydrogens is 240 g/mol. The Kier molecular flexibility index (Phi) is 6.60. The van der Waals surface area contributed by atoms with E-state index in [-0.39, 0.29) is 0 Å². The monoisotopic (exact) mass is 256 g/mol. The van der Waals surface area contributed by atoms with Crippen LogP contribution >= 0.6 is 11.6 Å². The summed E-state index contributed by atoms with van der Waals surface area (Å²) in [6.45, 7) is 5.69. The molecule has 18 heavy (non-hydrogen) atoms. The second-order valence-corrected chi connectivity index (χ2v) is 4.07. The Morgan fingerprint density at radius 3 is 1.94 bits per heavy atom. The van der Waals surface area contributed by atoms with Crippen LogP contribution in [0.5, 0.6) is 0 Å². The maximum Gasteiger partial charge on any atom is 0.00484 e. The maximum absolute atomic E-state index is 5.40. The summed E-state index contributed by atoms with van der Waals surface area (Å²) in [5.74, 6) is 0. The topological polar surface area (TPSA) is 0 Å². The van der Waals surface area contributed by atoms with Crippen LogP contribution in [0.15, 0.2) is 66.7 Å². The highest BCUT2D eigenvalue weighted by atomic mass is 35.5. The van der Waals surface area contributed by atoms with Crippen LogP contribution in [0.2, 0.25) is 0 Å². The third-order valence-corrected chi connectivity index (χ3v) is 2.49. The van der Waals surface area contributed by atoms with Gasteiger partial charge >= 0.3 is 0 Å². The van der Waals surface area contributed by atoms with Crippen LogP contribution in [-0.4, -0.2) is 0 Å². The molecule has 0 nitrogen and oxygen atoms in total. The predicted octanol–water partition coefficient (Wildman–Crippen LogP) is 5.53. The quantitative estimate of drug-likeness (QED) is 0.662. The molecule has 0 amide bonds. The van der Waals surface area contributed by atoms with Gasteiger partial charge in [0.1, 0.15) is 0 Å². The lowest BCUT2D eigenvalue weighted by Gasteiger charge is -1.92. The number of rotatable bonds is 2. The number of hydrogen-bond donors (Lipinski definition) is 0. The van der Waals surface area contributed by atoms with Gasteiger partial charge in [-0.25, -0.2) is 0 Å². The fourth-order valence-electron chi connectivity index (χ4n) is 1.34. The van der Waals surface area contributed by atoms with Crippen molar-refractivity contribution in [1.29, 1.82) is 0 Å². The first kappa shape index (κ1) is 14.3. The van der Waals surface area contributed by atoms with E-state index in [1.165, 1.54) is 16.7 Å². The van der Waals surface area contributed by atoms with Crippen molar-refractivity contribution in [2.24, 2.45) is 0 Å². The van der Waals surface area contributed by atoms with Crippen molar-refractivity contribution in [3.8, 4) is 0 Å². The number of aryl methyl sites for hydroxylation is 1. The van der Waals surface area contributed by atoms with E-state index in [2.05, 4.69) is 25.6 Å². The first-order valence-electron chi connectivity index (χ1n) is 5.77. The summed E-state index contributed by atoms with van der Waals surface area (Å²) in [5.41, 5.74) is 5.10. The van der Waals surface area contributed by atoms with Gasteiger partial charge < -0.3 is 0 Å². The minimum Gasteiger partial charge on any atom is -0.0985 e. The molecule has 0 aromatic heterocycles. The van der Waals surface area contributed by atoms with Crippen LogP contribution in [0.1, 0.15) is 16.7 Å². The minimum absolute atomic E-state index is 1.14. The fourth-order valence-corrected chi connectivity index (χ4v) is 1.48. The molecule has 0 saturated heterocycles. The van der Waals surface area contributed by atoms with Crippen LogP contribution in [0.4, 0.5) is 0 Å². The Morgan fingerprint density at radius 2 is 1.50 bits per heavy atom. The zero-order chi connectivity index (χ0) is 13.2. The Bertz CT molecular complexity index is 481. The molecule has 0 fully saturated rings. The molecule has 0 N–H and O–H groups in total. The summed E-state index contributed by atoms with van der Waals surface area (Å²) in [6.07, 6.45) is 3.70. The highest BCUT2D eigenvalue weighted by Gasteiger charge is 1.83. The SMILES string of the molecule is C=Cc1ccccc1.Cc1ccc(C=CCl)cc1. The second-order valence-electron chi connectivity index (χ2n) is 3.82. The molecule has 0 spiro atoms. The van der Waals surface area contributed by atoms with Gasteiger partial charge in [-0.05, 0) is 24.1 Å². The van der Waals surface area contributed by atoms with Crippen molar-refractivity contribution in [1.82, 2.24) is 0 Å². The summed E-state index contributed by atoms with van der Waals surface area (Å²) < 4.78 is 0. The fraction of sp³-hybridized carbons (Fsp3) is 0.0588. The molecule has 92 valence electrons. The van der Waals surface area contributed by atoms with Crippen LogP contribution in [0, 0.1) is 6.92 Å². The standard InChI is InChI=1S/C9H9Cl.C8H8/c1-8-2-4-9(5-3-8)6-7-10;1-2-8-6-4-3-5-7-8/h2-7H,1H3;2-7H,1H2.